The number of rotatable bonds is 5. The summed E-state index contributed by atoms with van der Waals surface area (Å²) in [6.45, 7) is 1.99. The quantitative estimate of drug-likeness (QED) is 0.796. The van der Waals surface area contributed by atoms with E-state index in [0.717, 1.165) is 12.1 Å². The van der Waals surface area contributed by atoms with Crippen LogP contribution in [-0.4, -0.2) is 44.4 Å². The van der Waals surface area contributed by atoms with Crippen molar-refractivity contribution in [3.63, 3.8) is 0 Å². The molecule has 1 aromatic carbocycles. The fourth-order valence-corrected chi connectivity index (χ4v) is 2.82. The summed E-state index contributed by atoms with van der Waals surface area (Å²) in [5.41, 5.74) is -0.351. The van der Waals surface area contributed by atoms with Gasteiger partial charge < -0.3 is 10.1 Å². The molecule has 0 saturated carbocycles. The van der Waals surface area contributed by atoms with Crippen molar-refractivity contribution in [2.45, 2.75) is 25.1 Å². The maximum absolute atomic E-state index is 14.5. The molecule has 1 aliphatic heterocycles. The van der Waals surface area contributed by atoms with Crippen LogP contribution in [0.4, 0.5) is 22.0 Å². The predicted molar refractivity (Wildman–Crippen MR) is 82.6 cm³/mol. The van der Waals surface area contributed by atoms with Crippen LogP contribution in [0.1, 0.15) is 24.4 Å². The van der Waals surface area contributed by atoms with Gasteiger partial charge in [-0.15, -0.1) is 12.4 Å². The Balaban J connectivity index is 0.00000288. The number of halogens is 6. The smallest absolute Gasteiger partial charge is 0.389 e. The molecular weight excluding hydrogens is 355 g/mol. The Kier molecular flexibility index (Phi) is 7.69. The number of benzene rings is 1. The molecule has 9 heteroatoms. The molecule has 138 valence electrons. The second kappa shape index (κ2) is 8.82. The predicted octanol–water partition coefficient (Wildman–Crippen LogP) is 3.68. The Morgan fingerprint density at radius 2 is 1.83 bits per heavy atom. The number of nitrogens with zero attached hydrogens (tertiary/aromatic N) is 1. The third kappa shape index (κ3) is 5.19. The van der Waals surface area contributed by atoms with E-state index in [9.17, 15) is 22.0 Å². The summed E-state index contributed by atoms with van der Waals surface area (Å²) in [5.74, 6) is -1.96. The first-order valence-electron chi connectivity index (χ1n) is 7.37. The Morgan fingerprint density at radius 3 is 2.38 bits per heavy atom. The highest BCUT2D eigenvalue weighted by Gasteiger charge is 2.34. The average Bonchev–Trinajstić information content (AvgIpc) is 2.50. The van der Waals surface area contributed by atoms with Gasteiger partial charge in [-0.3, -0.25) is 4.90 Å². The molecule has 1 aliphatic rings. The first-order chi connectivity index (χ1) is 10.8. The molecule has 24 heavy (non-hydrogen) atoms. The highest BCUT2D eigenvalue weighted by Crippen LogP contribution is 2.36. The standard InChI is InChI=1S/C15H19F5N2O.ClH/c1-23-12-3-2-10(16)13(14(12)17)11(4-5-15(18,19)20)22-8-6-21-7-9-22;/h2-3,11,21H,4-9H2,1H3;1H/t11-;/m1./s1. The van der Waals surface area contributed by atoms with Crippen molar-refractivity contribution in [3.8, 4) is 5.75 Å². The fourth-order valence-electron chi connectivity index (χ4n) is 2.82. The Bertz CT molecular complexity index is 535. The topological polar surface area (TPSA) is 24.5 Å². The van der Waals surface area contributed by atoms with Crippen molar-refractivity contribution in [1.82, 2.24) is 10.2 Å². The van der Waals surface area contributed by atoms with Crippen LogP contribution in [-0.2, 0) is 0 Å². The SMILES string of the molecule is COc1ccc(F)c([C@@H](CCC(F)(F)F)N2CCNCC2)c1F.Cl. The number of hydrogen-bond acceptors (Lipinski definition) is 3. The van der Waals surface area contributed by atoms with Gasteiger partial charge >= 0.3 is 6.18 Å². The number of methoxy groups -OCH3 is 1. The van der Waals surface area contributed by atoms with Crippen LogP contribution >= 0.6 is 12.4 Å². The van der Waals surface area contributed by atoms with Crippen LogP contribution in [0.25, 0.3) is 0 Å². The van der Waals surface area contributed by atoms with Crippen LogP contribution in [0.3, 0.4) is 0 Å². The maximum atomic E-state index is 14.5. The zero-order valence-electron chi connectivity index (χ0n) is 13.1. The molecule has 2 rings (SSSR count). The number of nitrogens with one attached hydrogen (secondary N) is 1. The molecule has 1 fully saturated rings. The minimum atomic E-state index is -4.38. The molecule has 0 amide bonds. The van der Waals surface area contributed by atoms with E-state index in [0.29, 0.717) is 26.2 Å². The normalized spacial score (nSPS) is 17.2. The Hall–Kier alpha value is -1.12. The van der Waals surface area contributed by atoms with E-state index < -0.39 is 36.7 Å². The monoisotopic (exact) mass is 374 g/mol. The summed E-state index contributed by atoms with van der Waals surface area (Å²) < 4.78 is 71.3. The molecule has 1 N–H and O–H groups in total. The number of piperazine rings is 1. The van der Waals surface area contributed by atoms with E-state index >= 15 is 0 Å². The lowest BCUT2D eigenvalue weighted by Crippen LogP contribution is -2.45. The Morgan fingerprint density at radius 1 is 1.21 bits per heavy atom. The third-order valence-corrected chi connectivity index (χ3v) is 3.94. The number of alkyl halides is 3. The van der Waals surface area contributed by atoms with Crippen molar-refractivity contribution < 1.29 is 26.7 Å². The van der Waals surface area contributed by atoms with Gasteiger partial charge in [-0.25, -0.2) is 8.78 Å². The van der Waals surface area contributed by atoms with Gasteiger partial charge in [-0.05, 0) is 18.6 Å². The van der Waals surface area contributed by atoms with Crippen LogP contribution in [0.15, 0.2) is 12.1 Å². The van der Waals surface area contributed by atoms with Crippen LogP contribution in [0.5, 0.6) is 5.75 Å². The lowest BCUT2D eigenvalue weighted by Gasteiger charge is -2.35. The molecule has 1 heterocycles. The van der Waals surface area contributed by atoms with Crippen molar-refractivity contribution in [2.24, 2.45) is 0 Å². The van der Waals surface area contributed by atoms with Crippen molar-refractivity contribution in [2.75, 3.05) is 33.3 Å². The van der Waals surface area contributed by atoms with E-state index in [2.05, 4.69) is 5.32 Å². The van der Waals surface area contributed by atoms with E-state index in [1.54, 1.807) is 4.90 Å². The number of hydrogen-bond donors (Lipinski definition) is 1. The summed E-state index contributed by atoms with van der Waals surface area (Å²) >= 11 is 0. The highest BCUT2D eigenvalue weighted by atomic mass is 35.5. The van der Waals surface area contributed by atoms with Gasteiger partial charge in [0.15, 0.2) is 11.6 Å². The van der Waals surface area contributed by atoms with Crippen LogP contribution in [0.2, 0.25) is 0 Å². The third-order valence-electron chi connectivity index (χ3n) is 3.94. The second-order valence-electron chi connectivity index (χ2n) is 5.43. The Labute approximate surface area is 143 Å². The van der Waals surface area contributed by atoms with Crippen LogP contribution in [0, 0.1) is 11.6 Å². The maximum Gasteiger partial charge on any atom is 0.389 e. The second-order valence-corrected chi connectivity index (χ2v) is 5.43. The molecule has 1 saturated heterocycles. The zero-order chi connectivity index (χ0) is 17.0. The molecule has 0 spiro atoms. The summed E-state index contributed by atoms with van der Waals surface area (Å²) in [7, 11) is 1.23. The lowest BCUT2D eigenvalue weighted by molar-refractivity contribution is -0.138. The number of ether oxygens (including phenoxy) is 1. The van der Waals surface area contributed by atoms with E-state index in [-0.39, 0.29) is 23.7 Å². The fraction of sp³-hybridized carbons (Fsp3) is 0.600. The minimum Gasteiger partial charge on any atom is -0.494 e. The van der Waals surface area contributed by atoms with Gasteiger partial charge in [0.2, 0.25) is 0 Å². The summed E-state index contributed by atoms with van der Waals surface area (Å²) in [6, 6.07) is 1.18. The van der Waals surface area contributed by atoms with Gasteiger partial charge in [-0.2, -0.15) is 13.2 Å². The van der Waals surface area contributed by atoms with E-state index in [1.807, 2.05) is 0 Å². The molecule has 3 nitrogen and oxygen atoms in total. The minimum absolute atomic E-state index is 0. The van der Waals surface area contributed by atoms with Crippen molar-refractivity contribution >= 4 is 12.4 Å². The van der Waals surface area contributed by atoms with Gasteiger partial charge in [0.25, 0.3) is 0 Å². The molecule has 0 unspecified atom stereocenters. The first-order valence-corrected chi connectivity index (χ1v) is 7.37. The molecule has 0 aromatic heterocycles. The largest absolute Gasteiger partial charge is 0.494 e. The molecular formula is C15H20ClF5N2O. The summed E-state index contributed by atoms with van der Waals surface area (Å²) in [5, 5.41) is 3.07. The van der Waals surface area contributed by atoms with Gasteiger partial charge in [-0.1, -0.05) is 0 Å². The van der Waals surface area contributed by atoms with Gasteiger partial charge in [0, 0.05) is 44.2 Å². The molecule has 1 atom stereocenters. The van der Waals surface area contributed by atoms with Crippen LogP contribution < -0.4 is 10.1 Å². The van der Waals surface area contributed by atoms with E-state index in [4.69, 9.17) is 4.74 Å². The molecule has 0 bridgehead atoms. The van der Waals surface area contributed by atoms with Gasteiger partial charge in [0.1, 0.15) is 5.82 Å². The average molecular weight is 375 g/mol. The lowest BCUT2D eigenvalue weighted by atomic mass is 9.97. The zero-order valence-corrected chi connectivity index (χ0v) is 13.9. The summed E-state index contributed by atoms with van der Waals surface area (Å²) in [4.78, 5) is 1.68. The van der Waals surface area contributed by atoms with Crippen molar-refractivity contribution in [3.05, 3.63) is 29.3 Å². The molecule has 0 aliphatic carbocycles. The molecule has 0 radical (unpaired) electrons. The summed E-state index contributed by atoms with van der Waals surface area (Å²) in [6.07, 6.45) is -5.87. The van der Waals surface area contributed by atoms with E-state index in [1.165, 1.54) is 7.11 Å². The highest BCUT2D eigenvalue weighted by molar-refractivity contribution is 5.85. The van der Waals surface area contributed by atoms with Gasteiger partial charge in [0.05, 0.1) is 7.11 Å². The van der Waals surface area contributed by atoms with Crippen molar-refractivity contribution in [1.29, 1.82) is 0 Å². The first kappa shape index (κ1) is 20.9. The molecule has 1 aromatic rings.